The first kappa shape index (κ1) is 13.8. The number of ether oxygens (including phenoxy) is 1. The average molecular weight is 284 g/mol. The van der Waals surface area contributed by atoms with Crippen molar-refractivity contribution in [3.8, 4) is 11.5 Å². The van der Waals surface area contributed by atoms with E-state index in [2.05, 4.69) is 5.32 Å². The fourth-order valence-corrected chi connectivity index (χ4v) is 1.89. The van der Waals surface area contributed by atoms with Gasteiger partial charge in [0.1, 0.15) is 23.1 Å². The van der Waals surface area contributed by atoms with E-state index in [-0.39, 0.29) is 5.75 Å². The van der Waals surface area contributed by atoms with Gasteiger partial charge in [0.2, 0.25) is 0 Å². The van der Waals surface area contributed by atoms with Crippen molar-refractivity contribution in [1.82, 2.24) is 5.32 Å². The van der Waals surface area contributed by atoms with Crippen LogP contribution >= 0.6 is 11.6 Å². The third-order valence-corrected chi connectivity index (χ3v) is 2.69. The number of nitrogens with one attached hydrogen (secondary N) is 1. The van der Waals surface area contributed by atoms with Crippen LogP contribution < -0.4 is 10.1 Å². The van der Waals surface area contributed by atoms with Crippen molar-refractivity contribution in [2.24, 2.45) is 0 Å². The van der Waals surface area contributed by atoms with Crippen LogP contribution in [0.2, 0.25) is 5.02 Å². The van der Waals surface area contributed by atoms with Gasteiger partial charge in [0.25, 0.3) is 0 Å². The number of benzene rings is 2. The highest BCUT2D eigenvalue weighted by Crippen LogP contribution is 2.28. The van der Waals surface area contributed by atoms with Crippen LogP contribution in [-0.4, -0.2) is 7.05 Å². The summed E-state index contributed by atoms with van der Waals surface area (Å²) in [6.45, 7) is 0.535. The topological polar surface area (TPSA) is 21.3 Å². The van der Waals surface area contributed by atoms with Gasteiger partial charge in [-0.25, -0.2) is 8.78 Å². The molecule has 0 atom stereocenters. The SMILES string of the molecule is CNCc1cc(Cl)ccc1Oc1cc(F)cc(F)c1. The third-order valence-electron chi connectivity index (χ3n) is 2.45. The molecule has 2 nitrogen and oxygen atoms in total. The lowest BCUT2D eigenvalue weighted by molar-refractivity contribution is 0.461. The molecule has 0 saturated carbocycles. The molecule has 0 spiro atoms. The minimum Gasteiger partial charge on any atom is -0.457 e. The maximum atomic E-state index is 13.1. The molecule has 0 amide bonds. The highest BCUT2D eigenvalue weighted by atomic mass is 35.5. The zero-order valence-corrected chi connectivity index (χ0v) is 11.0. The van der Waals surface area contributed by atoms with Gasteiger partial charge < -0.3 is 10.1 Å². The van der Waals surface area contributed by atoms with Crippen LogP contribution in [0, 0.1) is 11.6 Å². The highest BCUT2D eigenvalue weighted by molar-refractivity contribution is 6.30. The summed E-state index contributed by atoms with van der Waals surface area (Å²) in [5, 5.41) is 3.55. The van der Waals surface area contributed by atoms with Gasteiger partial charge in [-0.1, -0.05) is 11.6 Å². The molecule has 0 saturated heterocycles. The van der Waals surface area contributed by atoms with Crippen LogP contribution in [-0.2, 0) is 6.54 Å². The van der Waals surface area contributed by atoms with Crippen molar-refractivity contribution in [2.75, 3.05) is 7.05 Å². The summed E-state index contributed by atoms with van der Waals surface area (Å²) in [6, 6.07) is 8.11. The predicted molar refractivity (Wildman–Crippen MR) is 70.6 cm³/mol. The molecule has 0 aliphatic heterocycles. The molecule has 100 valence electrons. The molecule has 0 fully saturated rings. The van der Waals surface area contributed by atoms with Crippen LogP contribution in [0.4, 0.5) is 8.78 Å². The normalized spacial score (nSPS) is 10.5. The van der Waals surface area contributed by atoms with Crippen molar-refractivity contribution < 1.29 is 13.5 Å². The zero-order chi connectivity index (χ0) is 13.8. The van der Waals surface area contributed by atoms with Gasteiger partial charge in [0.05, 0.1) is 0 Å². The van der Waals surface area contributed by atoms with Gasteiger partial charge in [-0.3, -0.25) is 0 Å². The number of halogens is 3. The van der Waals surface area contributed by atoms with Crippen LogP contribution in [0.5, 0.6) is 11.5 Å². The van der Waals surface area contributed by atoms with Gasteiger partial charge in [0, 0.05) is 35.3 Å². The van der Waals surface area contributed by atoms with Crippen LogP contribution in [0.3, 0.4) is 0 Å². The van der Waals surface area contributed by atoms with E-state index >= 15 is 0 Å². The molecule has 19 heavy (non-hydrogen) atoms. The van der Waals surface area contributed by atoms with E-state index in [4.69, 9.17) is 16.3 Å². The van der Waals surface area contributed by atoms with E-state index in [1.807, 2.05) is 0 Å². The van der Waals surface area contributed by atoms with Gasteiger partial charge >= 0.3 is 0 Å². The number of hydrogen-bond acceptors (Lipinski definition) is 2. The summed E-state index contributed by atoms with van der Waals surface area (Å²) >= 11 is 5.90. The zero-order valence-electron chi connectivity index (χ0n) is 10.2. The summed E-state index contributed by atoms with van der Waals surface area (Å²) in [5.74, 6) is -0.751. The maximum absolute atomic E-state index is 13.1. The molecule has 2 aromatic carbocycles. The van der Waals surface area contributed by atoms with E-state index in [9.17, 15) is 8.78 Å². The number of rotatable bonds is 4. The van der Waals surface area contributed by atoms with Crippen molar-refractivity contribution in [3.63, 3.8) is 0 Å². The Morgan fingerprint density at radius 1 is 1.11 bits per heavy atom. The molecular weight excluding hydrogens is 272 g/mol. The quantitative estimate of drug-likeness (QED) is 0.911. The fraction of sp³-hybridized carbons (Fsp3) is 0.143. The average Bonchev–Trinajstić information content (AvgIpc) is 2.32. The van der Waals surface area contributed by atoms with E-state index in [1.165, 1.54) is 0 Å². The number of hydrogen-bond donors (Lipinski definition) is 1. The van der Waals surface area contributed by atoms with Crippen molar-refractivity contribution in [1.29, 1.82) is 0 Å². The minimum absolute atomic E-state index is 0.108. The molecule has 0 heterocycles. The van der Waals surface area contributed by atoms with Gasteiger partial charge in [-0.15, -0.1) is 0 Å². The Morgan fingerprint density at radius 2 is 1.79 bits per heavy atom. The molecule has 0 unspecified atom stereocenters. The molecule has 2 rings (SSSR count). The summed E-state index contributed by atoms with van der Waals surface area (Å²) < 4.78 is 31.7. The molecule has 0 bridgehead atoms. The van der Waals surface area contributed by atoms with Gasteiger partial charge in [0.15, 0.2) is 0 Å². The summed E-state index contributed by atoms with van der Waals surface area (Å²) in [5.41, 5.74) is 0.805. The van der Waals surface area contributed by atoms with Gasteiger partial charge in [-0.2, -0.15) is 0 Å². The maximum Gasteiger partial charge on any atom is 0.133 e. The fourth-order valence-electron chi connectivity index (χ4n) is 1.69. The van der Waals surface area contributed by atoms with Crippen molar-refractivity contribution >= 4 is 11.6 Å². The lowest BCUT2D eigenvalue weighted by Gasteiger charge is -2.11. The van der Waals surface area contributed by atoms with Crippen LogP contribution in [0.15, 0.2) is 36.4 Å². The Morgan fingerprint density at radius 3 is 2.42 bits per heavy atom. The summed E-state index contributed by atoms with van der Waals surface area (Å²) in [6.07, 6.45) is 0. The minimum atomic E-state index is -0.681. The van der Waals surface area contributed by atoms with Crippen LogP contribution in [0.1, 0.15) is 5.56 Å². The third kappa shape index (κ3) is 3.66. The first-order chi connectivity index (χ1) is 9.08. The molecular formula is C14H12ClF2NO. The Hall–Kier alpha value is -1.65. The standard InChI is InChI=1S/C14H12ClF2NO/c1-18-8-9-4-10(15)2-3-14(9)19-13-6-11(16)5-12(17)7-13/h2-7,18H,8H2,1H3. The molecule has 1 N–H and O–H groups in total. The van der Waals surface area contributed by atoms with E-state index in [0.29, 0.717) is 17.3 Å². The molecule has 0 radical (unpaired) electrons. The Labute approximate surface area is 115 Å². The predicted octanol–water partition coefficient (Wildman–Crippen LogP) is 4.13. The molecule has 0 aromatic heterocycles. The Kier molecular flexibility index (Phi) is 4.35. The van der Waals surface area contributed by atoms with Crippen molar-refractivity contribution in [2.45, 2.75) is 6.54 Å². The summed E-state index contributed by atoms with van der Waals surface area (Å²) in [4.78, 5) is 0. The highest BCUT2D eigenvalue weighted by Gasteiger charge is 2.07. The van der Waals surface area contributed by atoms with E-state index < -0.39 is 11.6 Å². The molecule has 0 aliphatic rings. The van der Waals surface area contributed by atoms with Crippen LogP contribution in [0.25, 0.3) is 0 Å². The van der Waals surface area contributed by atoms with E-state index in [0.717, 1.165) is 23.8 Å². The summed E-state index contributed by atoms with van der Waals surface area (Å²) in [7, 11) is 1.78. The first-order valence-corrected chi connectivity index (χ1v) is 6.03. The monoisotopic (exact) mass is 283 g/mol. The molecule has 2 aromatic rings. The lowest BCUT2D eigenvalue weighted by atomic mass is 10.2. The lowest BCUT2D eigenvalue weighted by Crippen LogP contribution is -2.06. The van der Waals surface area contributed by atoms with Crippen molar-refractivity contribution in [3.05, 3.63) is 58.6 Å². The Balaban J connectivity index is 2.31. The molecule has 0 aliphatic carbocycles. The molecule has 5 heteroatoms. The second-order valence-electron chi connectivity index (χ2n) is 3.99. The largest absolute Gasteiger partial charge is 0.457 e. The first-order valence-electron chi connectivity index (χ1n) is 5.65. The smallest absolute Gasteiger partial charge is 0.133 e. The van der Waals surface area contributed by atoms with Gasteiger partial charge in [-0.05, 0) is 25.2 Å². The second-order valence-corrected chi connectivity index (χ2v) is 4.43. The van der Waals surface area contributed by atoms with E-state index in [1.54, 1.807) is 25.2 Å². The second kappa shape index (κ2) is 5.99. The Bertz CT molecular complexity index is 569.